The minimum absolute atomic E-state index is 0.0623. The second kappa shape index (κ2) is 9.61. The van der Waals surface area contributed by atoms with E-state index in [1.807, 2.05) is 19.1 Å². The number of methoxy groups -OCH3 is 1. The number of carbonyl (C=O) groups excluding carboxylic acids is 1. The van der Waals surface area contributed by atoms with Crippen molar-refractivity contribution in [3.8, 4) is 5.75 Å². The highest BCUT2D eigenvalue weighted by Crippen LogP contribution is 2.36. The van der Waals surface area contributed by atoms with E-state index in [4.69, 9.17) is 21.1 Å². The number of H-pyrrole nitrogens is 1. The Morgan fingerprint density at radius 3 is 2.73 bits per heavy atom. The summed E-state index contributed by atoms with van der Waals surface area (Å²) in [7, 11) is 1.51. The van der Waals surface area contributed by atoms with Gasteiger partial charge in [0, 0.05) is 41.1 Å². The third-order valence-corrected chi connectivity index (χ3v) is 6.90. The zero-order valence-electron chi connectivity index (χ0n) is 19.5. The average molecular weight is 472 g/mol. The van der Waals surface area contributed by atoms with E-state index in [2.05, 4.69) is 21.8 Å². The van der Waals surface area contributed by atoms with Crippen LogP contribution in [0, 0.1) is 19.8 Å². The van der Waals surface area contributed by atoms with Gasteiger partial charge >= 0.3 is 0 Å². The smallest absolute Gasteiger partial charge is 0.256 e. The van der Waals surface area contributed by atoms with Crippen molar-refractivity contribution >= 4 is 28.4 Å². The van der Waals surface area contributed by atoms with E-state index in [-0.39, 0.29) is 24.1 Å². The van der Waals surface area contributed by atoms with Crippen molar-refractivity contribution in [2.75, 3.05) is 20.3 Å². The summed E-state index contributed by atoms with van der Waals surface area (Å²) in [6, 6.07) is 7.56. The molecule has 0 aliphatic carbocycles. The minimum Gasteiger partial charge on any atom is -0.496 e. The van der Waals surface area contributed by atoms with Gasteiger partial charge in [-0.15, -0.1) is 0 Å². The average Bonchev–Trinajstić information content (AvgIpc) is 3.08. The molecule has 4 rings (SSSR count). The molecule has 2 aromatic heterocycles. The molecule has 3 aromatic rings. The predicted octanol–water partition coefficient (Wildman–Crippen LogP) is 4.53. The van der Waals surface area contributed by atoms with Crippen LogP contribution in [0.2, 0.25) is 5.02 Å². The highest BCUT2D eigenvalue weighted by Gasteiger charge is 2.28. The van der Waals surface area contributed by atoms with E-state index >= 15 is 0 Å². The number of rotatable bonds is 6. The Morgan fingerprint density at radius 1 is 1.30 bits per heavy atom. The molecule has 0 bridgehead atoms. The summed E-state index contributed by atoms with van der Waals surface area (Å²) in [4.78, 5) is 28.6. The summed E-state index contributed by atoms with van der Waals surface area (Å²) in [5.41, 5.74) is 3.24. The van der Waals surface area contributed by atoms with Crippen LogP contribution in [-0.4, -0.2) is 35.8 Å². The van der Waals surface area contributed by atoms with Gasteiger partial charge in [-0.1, -0.05) is 17.7 Å². The normalized spacial score (nSPS) is 15.5. The van der Waals surface area contributed by atoms with Gasteiger partial charge in [-0.3, -0.25) is 9.59 Å². The van der Waals surface area contributed by atoms with Crippen molar-refractivity contribution in [2.24, 2.45) is 5.92 Å². The molecule has 1 fully saturated rings. The van der Waals surface area contributed by atoms with Crippen LogP contribution in [0.15, 0.2) is 29.1 Å². The van der Waals surface area contributed by atoms with Gasteiger partial charge in [-0.2, -0.15) is 0 Å². The summed E-state index contributed by atoms with van der Waals surface area (Å²) in [5, 5.41) is 4.40. The van der Waals surface area contributed by atoms with E-state index in [1.165, 1.54) is 7.11 Å². The number of ether oxygens (including phenoxy) is 2. The van der Waals surface area contributed by atoms with Crippen LogP contribution in [0.5, 0.6) is 5.75 Å². The molecule has 1 aliphatic heterocycles. The van der Waals surface area contributed by atoms with Crippen molar-refractivity contribution in [2.45, 2.75) is 46.2 Å². The van der Waals surface area contributed by atoms with E-state index < -0.39 is 0 Å². The third-order valence-electron chi connectivity index (χ3n) is 6.67. The third kappa shape index (κ3) is 4.52. The Labute approximate surface area is 198 Å². The first-order chi connectivity index (χ1) is 15.8. The number of aromatic nitrogens is 2. The van der Waals surface area contributed by atoms with Gasteiger partial charge in [0.05, 0.1) is 30.3 Å². The van der Waals surface area contributed by atoms with Gasteiger partial charge in [0.2, 0.25) is 0 Å². The van der Waals surface area contributed by atoms with Crippen LogP contribution in [0.1, 0.15) is 53.1 Å². The number of aromatic amines is 1. The number of amides is 1. The largest absolute Gasteiger partial charge is 0.496 e. The molecular formula is C25H30ClN3O4. The maximum Gasteiger partial charge on any atom is 0.256 e. The number of pyridine rings is 1. The Morgan fingerprint density at radius 2 is 2.03 bits per heavy atom. The second-order valence-corrected chi connectivity index (χ2v) is 9.13. The molecule has 1 aliphatic rings. The minimum atomic E-state index is -0.272. The lowest BCUT2D eigenvalue weighted by Crippen LogP contribution is -2.28. The zero-order chi connectivity index (χ0) is 23.7. The summed E-state index contributed by atoms with van der Waals surface area (Å²) in [6.45, 7) is 7.53. The topological polar surface area (TPSA) is 85.4 Å². The van der Waals surface area contributed by atoms with E-state index in [1.54, 1.807) is 19.1 Å². The molecule has 0 radical (unpaired) electrons. The van der Waals surface area contributed by atoms with E-state index in [0.717, 1.165) is 42.7 Å². The fourth-order valence-electron chi connectivity index (χ4n) is 4.92. The molecule has 8 heteroatoms. The summed E-state index contributed by atoms with van der Waals surface area (Å²) in [5.74, 6) is 0.675. The van der Waals surface area contributed by atoms with Gasteiger partial charge in [0.15, 0.2) is 0 Å². The van der Waals surface area contributed by atoms with Crippen LogP contribution >= 0.6 is 11.6 Å². The van der Waals surface area contributed by atoms with Gasteiger partial charge in [-0.05, 0) is 57.7 Å². The number of nitrogens with zero attached hydrogens (tertiary/aromatic N) is 1. The van der Waals surface area contributed by atoms with Crippen LogP contribution < -0.4 is 15.6 Å². The highest BCUT2D eigenvalue weighted by molar-refractivity contribution is 6.31. The number of aryl methyl sites for hydroxylation is 1. The Balaban J connectivity index is 1.70. The zero-order valence-corrected chi connectivity index (χ0v) is 20.2. The Hall–Kier alpha value is -2.77. The molecule has 1 aromatic carbocycles. The van der Waals surface area contributed by atoms with Gasteiger partial charge in [0.25, 0.3) is 11.5 Å². The molecule has 1 atom stereocenters. The quantitative estimate of drug-likeness (QED) is 0.553. The number of nitrogens with one attached hydrogen (secondary N) is 2. The molecular weight excluding hydrogens is 442 g/mol. The van der Waals surface area contributed by atoms with Crippen LogP contribution in [0.25, 0.3) is 10.9 Å². The number of hydrogen-bond donors (Lipinski definition) is 2. The molecule has 1 saturated heterocycles. The standard InChI is InChI=1S/C25H30ClN3O4/c1-14-11-22(32-4)20(24(30)28-14)13-27-25(31)23-16(3)29(15(2)17-7-9-33-10-8-17)21-12-18(26)5-6-19(21)23/h5-6,11-12,15,17H,7-10,13H2,1-4H3,(H,27,31)(H,28,30). The SMILES string of the molecule is COc1cc(C)[nH]c(=O)c1CNC(=O)c1c(C)n(C(C)C2CCOCC2)c2cc(Cl)ccc12. The fourth-order valence-corrected chi connectivity index (χ4v) is 5.09. The summed E-state index contributed by atoms with van der Waals surface area (Å²) in [6.07, 6.45) is 1.97. The Kier molecular flexibility index (Phi) is 6.81. The van der Waals surface area contributed by atoms with Crippen molar-refractivity contribution in [1.82, 2.24) is 14.9 Å². The molecule has 1 unspecified atom stereocenters. The molecule has 33 heavy (non-hydrogen) atoms. The van der Waals surface area contributed by atoms with Crippen molar-refractivity contribution in [3.05, 3.63) is 62.2 Å². The molecule has 0 saturated carbocycles. The van der Waals surface area contributed by atoms with Gasteiger partial charge < -0.3 is 24.3 Å². The highest BCUT2D eigenvalue weighted by atomic mass is 35.5. The lowest BCUT2D eigenvalue weighted by molar-refractivity contribution is 0.0517. The lowest BCUT2D eigenvalue weighted by Gasteiger charge is -2.30. The molecule has 1 amide bonds. The van der Waals surface area contributed by atoms with Crippen molar-refractivity contribution < 1.29 is 14.3 Å². The maximum atomic E-state index is 13.4. The van der Waals surface area contributed by atoms with Crippen molar-refractivity contribution in [3.63, 3.8) is 0 Å². The number of fused-ring (bicyclic) bond motifs is 1. The fraction of sp³-hybridized carbons (Fsp3) is 0.440. The molecule has 176 valence electrons. The lowest BCUT2D eigenvalue weighted by atomic mass is 9.92. The van der Waals surface area contributed by atoms with Gasteiger partial charge in [0.1, 0.15) is 5.75 Å². The molecule has 7 nitrogen and oxygen atoms in total. The molecule has 2 N–H and O–H groups in total. The number of halogens is 1. The molecule has 3 heterocycles. The number of hydrogen-bond acceptors (Lipinski definition) is 4. The van der Waals surface area contributed by atoms with Crippen LogP contribution in [-0.2, 0) is 11.3 Å². The first-order valence-electron chi connectivity index (χ1n) is 11.2. The maximum absolute atomic E-state index is 13.4. The van der Waals surface area contributed by atoms with Crippen LogP contribution in [0.4, 0.5) is 0 Å². The summed E-state index contributed by atoms with van der Waals surface area (Å²) < 4.78 is 13.1. The van der Waals surface area contributed by atoms with Crippen molar-refractivity contribution in [1.29, 1.82) is 0 Å². The second-order valence-electron chi connectivity index (χ2n) is 8.69. The van der Waals surface area contributed by atoms with Crippen LogP contribution in [0.3, 0.4) is 0 Å². The predicted molar refractivity (Wildman–Crippen MR) is 129 cm³/mol. The first kappa shape index (κ1) is 23.4. The van der Waals surface area contributed by atoms with Gasteiger partial charge in [-0.25, -0.2) is 0 Å². The number of benzene rings is 1. The van der Waals surface area contributed by atoms with E-state index in [0.29, 0.717) is 33.5 Å². The monoisotopic (exact) mass is 471 g/mol. The Bertz CT molecular complexity index is 1240. The van der Waals surface area contributed by atoms with E-state index in [9.17, 15) is 9.59 Å². The molecule has 0 spiro atoms. The summed E-state index contributed by atoms with van der Waals surface area (Å²) >= 11 is 6.34. The first-order valence-corrected chi connectivity index (χ1v) is 11.6. The number of carbonyl (C=O) groups is 1.